The highest BCUT2D eigenvalue weighted by atomic mass is 79.9. The van der Waals surface area contributed by atoms with Gasteiger partial charge in [0.15, 0.2) is 0 Å². The smallest absolute Gasteiger partial charge is 0.405 e. The third kappa shape index (κ3) is 5.36. The molecule has 0 saturated carbocycles. The quantitative estimate of drug-likeness (QED) is 0.656. The zero-order valence-electron chi connectivity index (χ0n) is 12.8. The third-order valence-corrected chi connectivity index (χ3v) is 3.53. The summed E-state index contributed by atoms with van der Waals surface area (Å²) in [6, 6.07) is 2.16. The fraction of sp³-hybridized carbons (Fsp3) is 0.0667. The molecule has 0 aliphatic rings. The fourth-order valence-electron chi connectivity index (χ4n) is 1.86. The number of hydrogen-bond donors (Lipinski definition) is 2. The summed E-state index contributed by atoms with van der Waals surface area (Å²) in [5.41, 5.74) is -1.85. The van der Waals surface area contributed by atoms with Crippen LogP contribution in [-0.2, 0) is 0 Å². The molecule has 144 valence electrons. The number of carbonyl (C=O) groups excluding carboxylic acids is 2. The molecule has 3 amide bonds. The molecule has 2 aromatic carbocycles. The van der Waals surface area contributed by atoms with Crippen molar-refractivity contribution in [1.82, 2.24) is 5.32 Å². The number of hydrogen-bond acceptors (Lipinski definition) is 3. The van der Waals surface area contributed by atoms with Crippen LogP contribution in [0.5, 0.6) is 5.75 Å². The van der Waals surface area contributed by atoms with Crippen molar-refractivity contribution in [2.24, 2.45) is 0 Å². The molecule has 0 unspecified atom stereocenters. The van der Waals surface area contributed by atoms with Crippen LogP contribution in [0.25, 0.3) is 0 Å². The minimum Gasteiger partial charge on any atom is -0.405 e. The summed E-state index contributed by atoms with van der Waals surface area (Å²) < 4.78 is 80.9. The van der Waals surface area contributed by atoms with E-state index in [2.05, 4.69) is 20.7 Å². The number of rotatable bonds is 3. The van der Waals surface area contributed by atoms with Gasteiger partial charge >= 0.3 is 12.4 Å². The summed E-state index contributed by atoms with van der Waals surface area (Å²) in [5, 5.41) is 3.27. The predicted octanol–water partition coefficient (Wildman–Crippen LogP) is 4.73. The van der Waals surface area contributed by atoms with Gasteiger partial charge in [-0.2, -0.15) is 0 Å². The summed E-state index contributed by atoms with van der Waals surface area (Å²) >= 11 is 2.66. The van der Waals surface area contributed by atoms with E-state index in [4.69, 9.17) is 0 Å². The lowest BCUT2D eigenvalue weighted by molar-refractivity contribution is -0.274. The molecule has 2 N–H and O–H groups in total. The number of anilines is 1. The number of halogens is 7. The van der Waals surface area contributed by atoms with Crippen LogP contribution in [0.15, 0.2) is 34.8 Å². The van der Waals surface area contributed by atoms with E-state index in [1.54, 1.807) is 5.32 Å². The predicted molar refractivity (Wildman–Crippen MR) is 83.6 cm³/mol. The monoisotopic (exact) mass is 456 g/mol. The second kappa shape index (κ2) is 7.86. The number of urea groups is 1. The fourth-order valence-corrected chi connectivity index (χ4v) is 2.26. The molecule has 2 aromatic rings. The van der Waals surface area contributed by atoms with Crippen LogP contribution in [0.4, 0.5) is 36.8 Å². The summed E-state index contributed by atoms with van der Waals surface area (Å²) in [7, 11) is 0. The number of benzene rings is 2. The van der Waals surface area contributed by atoms with Crippen LogP contribution in [0.3, 0.4) is 0 Å². The Kier molecular flexibility index (Phi) is 5.98. The lowest BCUT2D eigenvalue weighted by Crippen LogP contribution is -2.35. The van der Waals surface area contributed by atoms with Gasteiger partial charge < -0.3 is 10.1 Å². The van der Waals surface area contributed by atoms with Gasteiger partial charge in [-0.3, -0.25) is 10.1 Å². The van der Waals surface area contributed by atoms with E-state index in [9.17, 15) is 35.9 Å². The van der Waals surface area contributed by atoms with Crippen LogP contribution in [0.2, 0.25) is 0 Å². The summed E-state index contributed by atoms with van der Waals surface area (Å²) in [5.74, 6) is -6.03. The van der Waals surface area contributed by atoms with Gasteiger partial charge in [-0.1, -0.05) is 6.07 Å². The summed E-state index contributed by atoms with van der Waals surface area (Å²) in [4.78, 5) is 23.5. The first-order valence-electron chi connectivity index (χ1n) is 6.79. The van der Waals surface area contributed by atoms with E-state index in [0.717, 1.165) is 18.2 Å². The van der Waals surface area contributed by atoms with Gasteiger partial charge in [0, 0.05) is 6.07 Å². The second-order valence-electron chi connectivity index (χ2n) is 4.82. The highest BCUT2D eigenvalue weighted by Gasteiger charge is 2.32. The molecular weight excluding hydrogens is 450 g/mol. The van der Waals surface area contributed by atoms with Crippen LogP contribution in [0, 0.1) is 17.5 Å². The highest BCUT2D eigenvalue weighted by molar-refractivity contribution is 9.10. The topological polar surface area (TPSA) is 67.4 Å². The van der Waals surface area contributed by atoms with Crippen LogP contribution < -0.4 is 15.4 Å². The van der Waals surface area contributed by atoms with Gasteiger partial charge in [0.2, 0.25) is 0 Å². The number of carbonyl (C=O) groups is 2. The van der Waals surface area contributed by atoms with E-state index in [1.807, 2.05) is 0 Å². The standard InChI is InChI=1S/C15H7BrF6N2O3/c16-6-4-9(19)10(5-11(6)27-15(20,21)22)23-14(26)24-13(25)12-7(17)2-1-3-8(12)18/h1-5H,(H2,23,24,25,26). The lowest BCUT2D eigenvalue weighted by Gasteiger charge is -2.13. The average Bonchev–Trinajstić information content (AvgIpc) is 2.50. The van der Waals surface area contributed by atoms with Gasteiger partial charge in [0.05, 0.1) is 10.2 Å². The van der Waals surface area contributed by atoms with Crippen molar-refractivity contribution in [3.8, 4) is 5.75 Å². The molecule has 0 aromatic heterocycles. The molecule has 0 aliphatic heterocycles. The molecule has 0 aliphatic carbocycles. The van der Waals surface area contributed by atoms with Gasteiger partial charge in [-0.15, -0.1) is 13.2 Å². The Morgan fingerprint density at radius 3 is 2.15 bits per heavy atom. The number of imide groups is 1. The van der Waals surface area contributed by atoms with Crippen LogP contribution in [0.1, 0.15) is 10.4 Å². The zero-order chi connectivity index (χ0) is 20.4. The van der Waals surface area contributed by atoms with Gasteiger partial charge in [-0.25, -0.2) is 18.0 Å². The summed E-state index contributed by atoms with van der Waals surface area (Å²) in [6.07, 6.45) is -5.09. The molecule has 0 saturated heterocycles. The molecule has 12 heteroatoms. The first-order valence-corrected chi connectivity index (χ1v) is 7.58. The highest BCUT2D eigenvalue weighted by Crippen LogP contribution is 2.34. The SMILES string of the molecule is O=C(NC(=O)c1c(F)cccc1F)Nc1cc(OC(F)(F)F)c(Br)cc1F. The molecule has 2 rings (SSSR count). The molecule has 0 heterocycles. The second-order valence-corrected chi connectivity index (χ2v) is 5.67. The third-order valence-electron chi connectivity index (χ3n) is 2.91. The van der Waals surface area contributed by atoms with Crippen molar-refractivity contribution in [1.29, 1.82) is 0 Å². The van der Waals surface area contributed by atoms with Crippen molar-refractivity contribution in [2.45, 2.75) is 6.36 Å². The minimum absolute atomic E-state index is 0.396. The van der Waals surface area contributed by atoms with Crippen molar-refractivity contribution < 1.29 is 40.7 Å². The normalized spacial score (nSPS) is 11.1. The van der Waals surface area contributed by atoms with E-state index in [1.165, 1.54) is 5.32 Å². The van der Waals surface area contributed by atoms with Gasteiger partial charge in [-0.05, 0) is 34.1 Å². The Balaban J connectivity index is 2.18. The van der Waals surface area contributed by atoms with Crippen molar-refractivity contribution in [2.75, 3.05) is 5.32 Å². The Labute approximate surface area is 155 Å². The molecular formula is C15H7BrF6N2O3. The van der Waals surface area contributed by atoms with E-state index >= 15 is 0 Å². The summed E-state index contributed by atoms with van der Waals surface area (Å²) in [6.45, 7) is 0. The van der Waals surface area contributed by atoms with E-state index < -0.39 is 57.2 Å². The van der Waals surface area contributed by atoms with E-state index in [-0.39, 0.29) is 0 Å². The maximum atomic E-state index is 13.8. The van der Waals surface area contributed by atoms with E-state index in [0.29, 0.717) is 12.1 Å². The maximum Gasteiger partial charge on any atom is 0.573 e. The first kappa shape index (κ1) is 20.6. The van der Waals surface area contributed by atoms with Crippen LogP contribution >= 0.6 is 15.9 Å². The molecule has 5 nitrogen and oxygen atoms in total. The Bertz CT molecular complexity index is 884. The first-order chi connectivity index (χ1) is 12.5. The van der Waals surface area contributed by atoms with Crippen molar-refractivity contribution in [3.63, 3.8) is 0 Å². The van der Waals surface area contributed by atoms with Crippen molar-refractivity contribution >= 4 is 33.6 Å². The molecule has 27 heavy (non-hydrogen) atoms. The number of nitrogens with one attached hydrogen (secondary N) is 2. The molecule has 0 radical (unpaired) electrons. The van der Waals surface area contributed by atoms with Crippen molar-refractivity contribution in [3.05, 3.63) is 57.8 Å². The van der Waals surface area contributed by atoms with Gasteiger partial charge in [0.1, 0.15) is 28.8 Å². The lowest BCUT2D eigenvalue weighted by atomic mass is 10.2. The van der Waals surface area contributed by atoms with Crippen LogP contribution in [-0.4, -0.2) is 18.3 Å². The number of amides is 3. The molecule has 0 bridgehead atoms. The number of ether oxygens (including phenoxy) is 1. The average molecular weight is 457 g/mol. The Morgan fingerprint density at radius 1 is 1.00 bits per heavy atom. The Morgan fingerprint density at radius 2 is 1.59 bits per heavy atom. The molecule has 0 fully saturated rings. The maximum absolute atomic E-state index is 13.8. The molecule has 0 atom stereocenters. The number of alkyl halides is 3. The molecule has 0 spiro atoms. The Hall–Kier alpha value is -2.76. The minimum atomic E-state index is -5.09. The zero-order valence-corrected chi connectivity index (χ0v) is 14.3. The largest absolute Gasteiger partial charge is 0.573 e. The van der Waals surface area contributed by atoms with Gasteiger partial charge in [0.25, 0.3) is 5.91 Å².